The maximum Gasteiger partial charge on any atom is 0.262 e. The number of carbonyl (C=O) groups is 2. The first-order valence-electron chi connectivity index (χ1n) is 8.26. The van der Waals surface area contributed by atoms with Crippen LogP contribution in [0.4, 0.5) is 0 Å². The summed E-state index contributed by atoms with van der Waals surface area (Å²) in [6.45, 7) is 0.259. The molecule has 3 aromatic carbocycles. The number of hydrogen-bond acceptors (Lipinski definition) is 3. The predicted molar refractivity (Wildman–Crippen MR) is 99.0 cm³/mol. The number of benzene rings is 3. The highest BCUT2D eigenvalue weighted by atomic mass is 16.5. The normalized spacial score (nSPS) is 12.7. The number of ether oxygens (including phenoxy) is 1. The molecular formula is C22H15NO3. The molecule has 0 spiro atoms. The molecule has 4 heteroatoms. The van der Waals surface area contributed by atoms with Crippen molar-refractivity contribution in [1.82, 2.24) is 4.90 Å². The van der Waals surface area contributed by atoms with Crippen molar-refractivity contribution in [2.24, 2.45) is 0 Å². The van der Waals surface area contributed by atoms with Gasteiger partial charge in [0.1, 0.15) is 12.4 Å². The van der Waals surface area contributed by atoms with E-state index < -0.39 is 0 Å². The Morgan fingerprint density at radius 2 is 1.42 bits per heavy atom. The van der Waals surface area contributed by atoms with E-state index in [1.165, 1.54) is 0 Å². The van der Waals surface area contributed by atoms with E-state index in [1.807, 2.05) is 42.5 Å². The van der Waals surface area contributed by atoms with Crippen molar-refractivity contribution in [3.63, 3.8) is 0 Å². The molecule has 0 radical (unpaired) electrons. The highest BCUT2D eigenvalue weighted by Crippen LogP contribution is 2.22. The molecule has 0 fully saturated rings. The Hall–Kier alpha value is -3.58. The summed E-state index contributed by atoms with van der Waals surface area (Å²) in [4.78, 5) is 25.6. The van der Waals surface area contributed by atoms with Crippen LogP contribution in [0, 0.1) is 11.8 Å². The van der Waals surface area contributed by atoms with Gasteiger partial charge < -0.3 is 4.74 Å². The van der Waals surface area contributed by atoms with Gasteiger partial charge in [-0.1, -0.05) is 54.3 Å². The van der Waals surface area contributed by atoms with Crippen molar-refractivity contribution in [2.45, 2.75) is 0 Å². The lowest BCUT2D eigenvalue weighted by molar-refractivity contribution is 0.0675. The SMILES string of the molecule is O=C1c2ccccc2C(=O)N1CC#CCOc1ccc2ccccc2c1. The summed E-state index contributed by atoms with van der Waals surface area (Å²) in [6, 6.07) is 20.7. The van der Waals surface area contributed by atoms with E-state index in [4.69, 9.17) is 4.74 Å². The minimum absolute atomic E-state index is 0.0629. The molecule has 1 heterocycles. The molecule has 4 rings (SSSR count). The fourth-order valence-electron chi connectivity index (χ4n) is 2.95. The average molecular weight is 341 g/mol. The van der Waals surface area contributed by atoms with Gasteiger partial charge in [-0.25, -0.2) is 0 Å². The minimum atomic E-state index is -0.296. The van der Waals surface area contributed by atoms with Gasteiger partial charge in [0.15, 0.2) is 0 Å². The zero-order valence-corrected chi connectivity index (χ0v) is 13.9. The van der Waals surface area contributed by atoms with Crippen molar-refractivity contribution in [1.29, 1.82) is 0 Å². The smallest absolute Gasteiger partial charge is 0.262 e. The van der Waals surface area contributed by atoms with Gasteiger partial charge in [-0.3, -0.25) is 14.5 Å². The summed E-state index contributed by atoms with van der Waals surface area (Å²) in [6.07, 6.45) is 0. The molecule has 1 aliphatic heterocycles. The maximum atomic E-state index is 12.2. The molecule has 4 nitrogen and oxygen atoms in total. The molecule has 0 saturated heterocycles. The number of amides is 2. The first-order valence-corrected chi connectivity index (χ1v) is 8.26. The second-order valence-corrected chi connectivity index (χ2v) is 5.89. The summed E-state index contributed by atoms with van der Waals surface area (Å²) in [5, 5.41) is 2.25. The standard InChI is InChI=1S/C22H15NO3/c24-21-19-9-3-4-10-20(19)22(25)23(21)13-5-6-14-26-18-12-11-16-7-1-2-8-17(16)15-18/h1-4,7-12,15H,13-14H2. The van der Waals surface area contributed by atoms with E-state index in [0.717, 1.165) is 21.4 Å². The van der Waals surface area contributed by atoms with Crippen LogP contribution in [-0.4, -0.2) is 29.9 Å². The van der Waals surface area contributed by atoms with Crippen molar-refractivity contribution in [3.8, 4) is 17.6 Å². The highest BCUT2D eigenvalue weighted by molar-refractivity contribution is 6.21. The molecule has 3 aromatic rings. The van der Waals surface area contributed by atoms with E-state index in [1.54, 1.807) is 24.3 Å². The lowest BCUT2D eigenvalue weighted by Crippen LogP contribution is -2.30. The third-order valence-electron chi connectivity index (χ3n) is 4.27. The van der Waals surface area contributed by atoms with E-state index in [0.29, 0.717) is 11.1 Å². The van der Waals surface area contributed by atoms with Gasteiger partial charge in [-0.2, -0.15) is 0 Å². The largest absolute Gasteiger partial charge is 0.481 e. The molecule has 2 amide bonds. The monoisotopic (exact) mass is 341 g/mol. The fourth-order valence-corrected chi connectivity index (χ4v) is 2.95. The summed E-state index contributed by atoms with van der Waals surface area (Å²) in [5.41, 5.74) is 0.874. The van der Waals surface area contributed by atoms with E-state index >= 15 is 0 Å². The van der Waals surface area contributed by atoms with Gasteiger partial charge in [0.25, 0.3) is 11.8 Å². The molecule has 0 bridgehead atoms. The van der Waals surface area contributed by atoms with Gasteiger partial charge in [0.05, 0.1) is 17.7 Å². The number of nitrogens with zero attached hydrogens (tertiary/aromatic N) is 1. The summed E-state index contributed by atoms with van der Waals surface area (Å²) >= 11 is 0. The lowest BCUT2D eigenvalue weighted by Gasteiger charge is -2.08. The third-order valence-corrected chi connectivity index (χ3v) is 4.27. The Morgan fingerprint density at radius 1 is 0.769 bits per heavy atom. The second kappa shape index (κ2) is 6.73. The van der Waals surface area contributed by atoms with Crippen LogP contribution >= 0.6 is 0 Å². The van der Waals surface area contributed by atoms with Crippen LogP contribution in [0.1, 0.15) is 20.7 Å². The summed E-state index contributed by atoms with van der Waals surface area (Å²) < 4.78 is 5.63. The number of carbonyl (C=O) groups excluding carboxylic acids is 2. The number of imide groups is 1. The van der Waals surface area contributed by atoms with Crippen molar-refractivity contribution >= 4 is 22.6 Å². The van der Waals surface area contributed by atoms with Crippen LogP contribution in [0.25, 0.3) is 10.8 Å². The molecule has 0 unspecified atom stereocenters. The van der Waals surface area contributed by atoms with Crippen LogP contribution in [0.3, 0.4) is 0 Å². The molecule has 26 heavy (non-hydrogen) atoms. The maximum absolute atomic E-state index is 12.2. The van der Waals surface area contributed by atoms with Gasteiger partial charge in [-0.05, 0) is 35.0 Å². The highest BCUT2D eigenvalue weighted by Gasteiger charge is 2.34. The summed E-state index contributed by atoms with van der Waals surface area (Å²) in [5.74, 6) is 5.84. The first kappa shape index (κ1) is 15.9. The Kier molecular flexibility index (Phi) is 4.12. The first-order chi connectivity index (χ1) is 12.7. The number of rotatable bonds is 3. The van der Waals surface area contributed by atoms with E-state index in [-0.39, 0.29) is 25.0 Å². The van der Waals surface area contributed by atoms with E-state index in [2.05, 4.69) is 11.8 Å². The Bertz CT molecular complexity index is 1040. The van der Waals surface area contributed by atoms with Crippen molar-refractivity contribution < 1.29 is 14.3 Å². The van der Waals surface area contributed by atoms with Crippen molar-refractivity contribution in [3.05, 3.63) is 77.9 Å². The van der Waals surface area contributed by atoms with Gasteiger partial charge >= 0.3 is 0 Å². The molecular weight excluding hydrogens is 326 g/mol. The third kappa shape index (κ3) is 2.91. The van der Waals surface area contributed by atoms with Gasteiger partial charge in [-0.15, -0.1) is 0 Å². The molecule has 1 aliphatic rings. The molecule has 0 aromatic heterocycles. The predicted octanol–water partition coefficient (Wildman–Crippen LogP) is 3.52. The van der Waals surface area contributed by atoms with Crippen LogP contribution < -0.4 is 4.74 Å². The van der Waals surface area contributed by atoms with Gasteiger partial charge in [0.2, 0.25) is 0 Å². The van der Waals surface area contributed by atoms with Crippen LogP contribution in [-0.2, 0) is 0 Å². The zero-order chi connectivity index (χ0) is 17.9. The fraction of sp³-hybridized carbons (Fsp3) is 0.0909. The zero-order valence-electron chi connectivity index (χ0n) is 13.9. The van der Waals surface area contributed by atoms with E-state index in [9.17, 15) is 9.59 Å². The Balaban J connectivity index is 1.37. The van der Waals surface area contributed by atoms with Crippen LogP contribution in [0.15, 0.2) is 66.7 Å². The average Bonchev–Trinajstić information content (AvgIpc) is 2.92. The van der Waals surface area contributed by atoms with Crippen molar-refractivity contribution in [2.75, 3.05) is 13.2 Å². The topological polar surface area (TPSA) is 46.6 Å². The van der Waals surface area contributed by atoms with Gasteiger partial charge in [0, 0.05) is 0 Å². The lowest BCUT2D eigenvalue weighted by atomic mass is 10.1. The number of fused-ring (bicyclic) bond motifs is 2. The second-order valence-electron chi connectivity index (χ2n) is 5.89. The Morgan fingerprint density at radius 3 is 2.15 bits per heavy atom. The molecule has 0 N–H and O–H groups in total. The molecule has 126 valence electrons. The quantitative estimate of drug-likeness (QED) is 0.541. The molecule has 0 aliphatic carbocycles. The van der Waals surface area contributed by atoms with Crippen LogP contribution in [0.5, 0.6) is 5.75 Å². The Labute approximate surface area is 151 Å². The molecule has 0 saturated carbocycles. The summed E-state index contributed by atoms with van der Waals surface area (Å²) in [7, 11) is 0. The minimum Gasteiger partial charge on any atom is -0.481 e. The molecule has 0 atom stereocenters. The number of hydrogen-bond donors (Lipinski definition) is 0. The van der Waals surface area contributed by atoms with Crippen LogP contribution in [0.2, 0.25) is 0 Å².